The van der Waals surface area contributed by atoms with E-state index in [4.69, 9.17) is 0 Å². The molecule has 1 saturated heterocycles. The molecule has 3 fully saturated rings. The van der Waals surface area contributed by atoms with E-state index in [0.29, 0.717) is 11.8 Å². The van der Waals surface area contributed by atoms with Gasteiger partial charge in [0, 0.05) is 37.7 Å². The van der Waals surface area contributed by atoms with Crippen LogP contribution in [0.25, 0.3) is 0 Å². The smallest absolute Gasteiger partial charge is 0.114 e. The monoisotopic (exact) mass is 328 g/mol. The van der Waals surface area contributed by atoms with E-state index in [1.165, 1.54) is 50.6 Å². The molecule has 132 valence electrons. The number of hydrogen-bond acceptors (Lipinski definition) is 3. The highest BCUT2D eigenvalue weighted by molar-refractivity contribution is 5.22. The van der Waals surface area contributed by atoms with E-state index < -0.39 is 5.60 Å². The van der Waals surface area contributed by atoms with Crippen LogP contribution in [0.2, 0.25) is 0 Å². The molecule has 2 bridgehead atoms. The van der Waals surface area contributed by atoms with Gasteiger partial charge in [-0.3, -0.25) is 4.98 Å². The van der Waals surface area contributed by atoms with Crippen molar-refractivity contribution in [1.29, 1.82) is 0 Å². The summed E-state index contributed by atoms with van der Waals surface area (Å²) in [4.78, 5) is 7.30. The molecule has 1 aromatic heterocycles. The maximum absolute atomic E-state index is 11.6. The van der Waals surface area contributed by atoms with Gasteiger partial charge < -0.3 is 10.0 Å². The fourth-order valence-corrected chi connectivity index (χ4v) is 5.55. The number of nitrogens with zero attached hydrogens (tertiary/aromatic N) is 2. The zero-order valence-corrected chi connectivity index (χ0v) is 15.1. The minimum atomic E-state index is -0.699. The van der Waals surface area contributed by atoms with Crippen molar-refractivity contribution < 1.29 is 5.11 Å². The SMILES string of the molecule is Cc1ccc(C2(O)[C@@H]3CCC[C@H]2CN(CC2CCCCC2)C3)nc1. The number of pyridine rings is 1. The van der Waals surface area contributed by atoms with Crippen molar-refractivity contribution in [3.8, 4) is 0 Å². The molecule has 2 aliphatic carbocycles. The lowest BCUT2D eigenvalue weighted by atomic mass is 9.63. The first-order valence-corrected chi connectivity index (χ1v) is 10.0. The van der Waals surface area contributed by atoms with Crippen LogP contribution in [-0.2, 0) is 5.60 Å². The summed E-state index contributed by atoms with van der Waals surface area (Å²) in [6.07, 6.45) is 12.6. The van der Waals surface area contributed by atoms with Gasteiger partial charge >= 0.3 is 0 Å². The summed E-state index contributed by atoms with van der Waals surface area (Å²) in [7, 11) is 0. The van der Waals surface area contributed by atoms with Gasteiger partial charge in [-0.2, -0.15) is 0 Å². The van der Waals surface area contributed by atoms with Gasteiger partial charge in [0.25, 0.3) is 0 Å². The highest BCUT2D eigenvalue weighted by atomic mass is 16.3. The van der Waals surface area contributed by atoms with Gasteiger partial charge in [0.2, 0.25) is 0 Å². The molecule has 3 atom stereocenters. The number of fused-ring (bicyclic) bond motifs is 2. The van der Waals surface area contributed by atoms with Crippen LogP contribution in [0.3, 0.4) is 0 Å². The average molecular weight is 329 g/mol. The Morgan fingerprint density at radius 3 is 2.38 bits per heavy atom. The second kappa shape index (κ2) is 6.76. The first-order valence-electron chi connectivity index (χ1n) is 10.0. The third kappa shape index (κ3) is 3.01. The second-order valence-corrected chi connectivity index (χ2v) is 8.59. The minimum absolute atomic E-state index is 0.351. The fraction of sp³-hybridized carbons (Fsp3) is 0.762. The van der Waals surface area contributed by atoms with E-state index in [9.17, 15) is 5.11 Å². The van der Waals surface area contributed by atoms with Gasteiger partial charge in [-0.1, -0.05) is 31.7 Å². The van der Waals surface area contributed by atoms with E-state index in [1.807, 2.05) is 6.20 Å². The summed E-state index contributed by atoms with van der Waals surface area (Å²) in [6, 6.07) is 4.17. The third-order valence-corrected chi connectivity index (χ3v) is 6.87. The van der Waals surface area contributed by atoms with Gasteiger partial charge in [-0.05, 0) is 50.2 Å². The normalized spacial score (nSPS) is 35.1. The number of aliphatic hydroxyl groups is 1. The maximum atomic E-state index is 11.6. The molecule has 1 aliphatic heterocycles. The van der Waals surface area contributed by atoms with Crippen LogP contribution in [0, 0.1) is 24.7 Å². The highest BCUT2D eigenvalue weighted by Gasteiger charge is 2.52. The van der Waals surface area contributed by atoms with Crippen molar-refractivity contribution in [2.75, 3.05) is 19.6 Å². The summed E-state index contributed by atoms with van der Waals surface area (Å²) in [5.74, 6) is 1.59. The van der Waals surface area contributed by atoms with Crippen LogP contribution in [0.1, 0.15) is 62.6 Å². The number of aryl methyl sites for hydroxylation is 1. The molecule has 2 heterocycles. The number of piperidine rings is 1. The minimum Gasteiger partial charge on any atom is -0.383 e. The molecule has 24 heavy (non-hydrogen) atoms. The Morgan fingerprint density at radius 2 is 1.75 bits per heavy atom. The van der Waals surface area contributed by atoms with Crippen LogP contribution in [0.5, 0.6) is 0 Å². The number of likely N-dealkylation sites (tertiary alicyclic amines) is 1. The van der Waals surface area contributed by atoms with Crippen LogP contribution in [0.15, 0.2) is 18.3 Å². The highest BCUT2D eigenvalue weighted by Crippen LogP contribution is 2.48. The molecule has 3 nitrogen and oxygen atoms in total. The predicted octanol–water partition coefficient (Wildman–Crippen LogP) is 3.89. The van der Waals surface area contributed by atoms with Crippen molar-refractivity contribution in [2.24, 2.45) is 17.8 Å². The lowest BCUT2D eigenvalue weighted by Gasteiger charge is -2.53. The van der Waals surface area contributed by atoms with Gasteiger partial charge in [0.1, 0.15) is 5.60 Å². The molecule has 1 aromatic rings. The van der Waals surface area contributed by atoms with Crippen LogP contribution < -0.4 is 0 Å². The number of hydrogen-bond donors (Lipinski definition) is 1. The lowest BCUT2D eigenvalue weighted by Crippen LogP contribution is -2.59. The molecular formula is C21H32N2O. The van der Waals surface area contributed by atoms with Crippen molar-refractivity contribution in [1.82, 2.24) is 9.88 Å². The molecular weight excluding hydrogens is 296 g/mol. The Hall–Kier alpha value is -0.930. The van der Waals surface area contributed by atoms with Crippen molar-refractivity contribution in [2.45, 2.75) is 63.9 Å². The van der Waals surface area contributed by atoms with Gasteiger partial charge in [-0.15, -0.1) is 0 Å². The summed E-state index contributed by atoms with van der Waals surface area (Å²) in [6.45, 7) is 5.43. The summed E-state index contributed by atoms with van der Waals surface area (Å²) in [5.41, 5.74) is 1.39. The van der Waals surface area contributed by atoms with Crippen molar-refractivity contribution in [3.05, 3.63) is 29.6 Å². The molecule has 3 aliphatic rings. The van der Waals surface area contributed by atoms with Crippen molar-refractivity contribution in [3.63, 3.8) is 0 Å². The first kappa shape index (κ1) is 16.5. The molecule has 0 aromatic carbocycles. The van der Waals surface area contributed by atoms with E-state index in [2.05, 4.69) is 28.9 Å². The Morgan fingerprint density at radius 1 is 1.04 bits per heavy atom. The Labute approximate surface area is 146 Å². The molecule has 2 saturated carbocycles. The van der Waals surface area contributed by atoms with Crippen molar-refractivity contribution >= 4 is 0 Å². The first-order chi connectivity index (χ1) is 11.7. The summed E-state index contributed by atoms with van der Waals surface area (Å²) in [5, 5.41) is 11.6. The average Bonchev–Trinajstić information content (AvgIpc) is 2.57. The summed E-state index contributed by atoms with van der Waals surface area (Å²) >= 11 is 0. The van der Waals surface area contributed by atoms with Gasteiger partial charge in [0.05, 0.1) is 5.69 Å². The van der Waals surface area contributed by atoms with Crippen LogP contribution in [-0.4, -0.2) is 34.6 Å². The third-order valence-electron chi connectivity index (χ3n) is 6.87. The molecule has 0 spiro atoms. The molecule has 4 rings (SSSR count). The number of rotatable bonds is 3. The standard InChI is InChI=1S/C21H32N2O/c1-16-10-11-20(22-12-16)21(24)18-8-5-9-19(21)15-23(14-18)13-17-6-3-2-4-7-17/h10-12,17-19,24H,2-9,13-15H2,1H3/t18-,19+,21?. The molecule has 0 amide bonds. The lowest BCUT2D eigenvalue weighted by molar-refractivity contribution is -0.151. The van der Waals surface area contributed by atoms with E-state index in [1.54, 1.807) is 0 Å². The van der Waals surface area contributed by atoms with Crippen LogP contribution in [0.4, 0.5) is 0 Å². The Balaban J connectivity index is 1.51. The molecule has 1 N–H and O–H groups in total. The predicted molar refractivity (Wildman–Crippen MR) is 96.7 cm³/mol. The van der Waals surface area contributed by atoms with E-state index >= 15 is 0 Å². The Kier molecular flexibility index (Phi) is 4.66. The Bertz CT molecular complexity index is 535. The topological polar surface area (TPSA) is 36.4 Å². The number of aromatic nitrogens is 1. The fourth-order valence-electron chi connectivity index (χ4n) is 5.55. The molecule has 0 radical (unpaired) electrons. The molecule has 1 unspecified atom stereocenters. The van der Waals surface area contributed by atoms with E-state index in [-0.39, 0.29) is 0 Å². The van der Waals surface area contributed by atoms with Crippen LogP contribution >= 0.6 is 0 Å². The molecule has 3 heteroatoms. The second-order valence-electron chi connectivity index (χ2n) is 8.59. The van der Waals surface area contributed by atoms with Gasteiger partial charge in [-0.25, -0.2) is 0 Å². The quantitative estimate of drug-likeness (QED) is 0.914. The largest absolute Gasteiger partial charge is 0.383 e. The van der Waals surface area contributed by atoms with Gasteiger partial charge in [0.15, 0.2) is 0 Å². The zero-order chi connectivity index (χ0) is 16.6. The summed E-state index contributed by atoms with van der Waals surface area (Å²) < 4.78 is 0. The maximum Gasteiger partial charge on any atom is 0.114 e. The zero-order valence-electron chi connectivity index (χ0n) is 15.1. The van der Waals surface area contributed by atoms with E-state index in [0.717, 1.165) is 37.5 Å².